The molecule has 0 unspecified atom stereocenters. The SMILES string of the molecule is O=[N+]([O-])c1ccccc1Cc1csc2nc3ccccc3n12. The second-order valence-electron chi connectivity index (χ2n) is 5.01. The molecule has 0 spiro atoms. The van der Waals surface area contributed by atoms with Gasteiger partial charge in [0.25, 0.3) is 5.69 Å². The third-order valence-corrected chi connectivity index (χ3v) is 4.55. The van der Waals surface area contributed by atoms with Crippen LogP contribution in [-0.4, -0.2) is 14.3 Å². The van der Waals surface area contributed by atoms with E-state index < -0.39 is 0 Å². The fraction of sp³-hybridized carbons (Fsp3) is 0.0625. The molecule has 0 bridgehead atoms. The van der Waals surface area contributed by atoms with Crippen molar-refractivity contribution in [2.75, 3.05) is 0 Å². The normalized spacial score (nSPS) is 11.3. The average Bonchev–Trinajstić information content (AvgIpc) is 3.07. The Balaban J connectivity index is 1.87. The third kappa shape index (κ3) is 1.96. The van der Waals surface area contributed by atoms with Gasteiger partial charge in [0.05, 0.1) is 16.0 Å². The fourth-order valence-corrected chi connectivity index (χ4v) is 3.59. The molecule has 0 aliphatic carbocycles. The highest BCUT2D eigenvalue weighted by Gasteiger charge is 2.16. The van der Waals surface area contributed by atoms with Crippen molar-refractivity contribution in [2.24, 2.45) is 0 Å². The predicted molar refractivity (Wildman–Crippen MR) is 86.5 cm³/mol. The van der Waals surface area contributed by atoms with Crippen molar-refractivity contribution < 1.29 is 4.92 Å². The van der Waals surface area contributed by atoms with Crippen LogP contribution in [0, 0.1) is 10.1 Å². The van der Waals surface area contributed by atoms with E-state index in [2.05, 4.69) is 9.38 Å². The Bertz CT molecular complexity index is 1000. The molecule has 0 atom stereocenters. The number of aromatic nitrogens is 2. The van der Waals surface area contributed by atoms with E-state index in [1.807, 2.05) is 35.7 Å². The molecule has 2 heterocycles. The molecule has 0 aliphatic heterocycles. The van der Waals surface area contributed by atoms with Crippen molar-refractivity contribution in [3.8, 4) is 0 Å². The van der Waals surface area contributed by atoms with Crippen LogP contribution in [0.4, 0.5) is 5.69 Å². The molecule has 0 N–H and O–H groups in total. The average molecular weight is 309 g/mol. The summed E-state index contributed by atoms with van der Waals surface area (Å²) in [6.07, 6.45) is 0.511. The van der Waals surface area contributed by atoms with Crippen molar-refractivity contribution in [3.05, 3.63) is 75.3 Å². The monoisotopic (exact) mass is 309 g/mol. The molecule has 108 valence electrons. The first-order valence-electron chi connectivity index (χ1n) is 6.80. The van der Waals surface area contributed by atoms with E-state index in [0.29, 0.717) is 12.0 Å². The highest BCUT2D eigenvalue weighted by Crippen LogP contribution is 2.27. The van der Waals surface area contributed by atoms with Gasteiger partial charge in [-0.05, 0) is 12.1 Å². The molecular formula is C16H11N3O2S. The van der Waals surface area contributed by atoms with Gasteiger partial charge in [0.2, 0.25) is 0 Å². The van der Waals surface area contributed by atoms with Gasteiger partial charge < -0.3 is 0 Å². The molecule has 4 aromatic rings. The van der Waals surface area contributed by atoms with Crippen LogP contribution in [0.2, 0.25) is 0 Å². The molecule has 6 heteroatoms. The number of benzene rings is 2. The predicted octanol–water partition coefficient (Wildman–Crippen LogP) is 4.05. The van der Waals surface area contributed by atoms with Crippen LogP contribution in [-0.2, 0) is 6.42 Å². The van der Waals surface area contributed by atoms with E-state index in [0.717, 1.165) is 21.7 Å². The van der Waals surface area contributed by atoms with Gasteiger partial charge in [-0.25, -0.2) is 4.98 Å². The Morgan fingerprint density at radius 1 is 1.14 bits per heavy atom. The van der Waals surface area contributed by atoms with Crippen molar-refractivity contribution in [3.63, 3.8) is 0 Å². The van der Waals surface area contributed by atoms with Gasteiger partial charge >= 0.3 is 0 Å². The molecule has 4 rings (SSSR count). The lowest BCUT2D eigenvalue weighted by Crippen LogP contribution is -1.98. The van der Waals surface area contributed by atoms with Crippen molar-refractivity contribution >= 4 is 33.0 Å². The largest absolute Gasteiger partial charge is 0.287 e. The standard InChI is InChI=1S/C16H11N3O2S/c20-19(21)14-7-3-1-5-11(14)9-12-10-22-16-17-13-6-2-4-8-15(13)18(12)16/h1-8,10H,9H2. The second kappa shape index (κ2) is 4.92. The smallest absolute Gasteiger partial charge is 0.272 e. The van der Waals surface area contributed by atoms with Crippen molar-refractivity contribution in [1.82, 2.24) is 9.38 Å². The number of hydrogen-bond donors (Lipinski definition) is 0. The molecule has 0 amide bonds. The maximum Gasteiger partial charge on any atom is 0.272 e. The van der Waals surface area contributed by atoms with Gasteiger partial charge in [-0.2, -0.15) is 0 Å². The van der Waals surface area contributed by atoms with Gasteiger partial charge in [-0.15, -0.1) is 11.3 Å². The zero-order chi connectivity index (χ0) is 15.1. The molecular weight excluding hydrogens is 298 g/mol. The van der Waals surface area contributed by atoms with Crippen LogP contribution in [0.3, 0.4) is 0 Å². The van der Waals surface area contributed by atoms with Crippen molar-refractivity contribution in [2.45, 2.75) is 6.42 Å². The van der Waals surface area contributed by atoms with Gasteiger partial charge in [0.1, 0.15) is 0 Å². The lowest BCUT2D eigenvalue weighted by atomic mass is 10.1. The van der Waals surface area contributed by atoms with Gasteiger partial charge in [0, 0.05) is 29.1 Å². The molecule has 2 aromatic heterocycles. The zero-order valence-electron chi connectivity index (χ0n) is 11.5. The second-order valence-corrected chi connectivity index (χ2v) is 5.84. The summed E-state index contributed by atoms with van der Waals surface area (Å²) in [4.78, 5) is 16.3. The maximum absolute atomic E-state index is 11.2. The summed E-state index contributed by atoms with van der Waals surface area (Å²) >= 11 is 1.56. The minimum absolute atomic E-state index is 0.159. The number of nitro benzene ring substituents is 1. The minimum atomic E-state index is -0.328. The molecule has 0 radical (unpaired) electrons. The Kier molecular flexibility index (Phi) is 2.90. The van der Waals surface area contributed by atoms with Crippen LogP contribution in [0.1, 0.15) is 11.3 Å². The van der Waals surface area contributed by atoms with Gasteiger partial charge in [-0.1, -0.05) is 30.3 Å². The summed E-state index contributed by atoms with van der Waals surface area (Å²) in [7, 11) is 0. The van der Waals surface area contributed by atoms with E-state index in [9.17, 15) is 10.1 Å². The van der Waals surface area contributed by atoms with Gasteiger partial charge in [0.15, 0.2) is 4.96 Å². The number of nitro groups is 1. The number of imidazole rings is 1. The number of fused-ring (bicyclic) bond motifs is 3. The summed E-state index contributed by atoms with van der Waals surface area (Å²) in [5.41, 5.74) is 3.87. The number of hydrogen-bond acceptors (Lipinski definition) is 4. The number of para-hydroxylation sites is 3. The summed E-state index contributed by atoms with van der Waals surface area (Å²) < 4.78 is 2.08. The molecule has 5 nitrogen and oxygen atoms in total. The topological polar surface area (TPSA) is 60.4 Å². The first kappa shape index (κ1) is 13.0. The van der Waals surface area contributed by atoms with Crippen molar-refractivity contribution in [1.29, 1.82) is 0 Å². The van der Waals surface area contributed by atoms with E-state index >= 15 is 0 Å². The first-order valence-corrected chi connectivity index (χ1v) is 7.68. The van der Waals surface area contributed by atoms with Crippen LogP contribution in [0.5, 0.6) is 0 Å². The van der Waals surface area contributed by atoms with Crippen LogP contribution >= 0.6 is 11.3 Å². The molecule has 0 fully saturated rings. The lowest BCUT2D eigenvalue weighted by Gasteiger charge is -2.03. The summed E-state index contributed by atoms with van der Waals surface area (Å²) in [6.45, 7) is 0. The molecule has 22 heavy (non-hydrogen) atoms. The molecule has 0 saturated heterocycles. The van der Waals surface area contributed by atoms with E-state index in [4.69, 9.17) is 0 Å². The molecule has 0 saturated carbocycles. The summed E-state index contributed by atoms with van der Waals surface area (Å²) in [6, 6.07) is 14.8. The Morgan fingerprint density at radius 2 is 1.91 bits per heavy atom. The fourth-order valence-electron chi connectivity index (χ4n) is 2.69. The number of nitrogens with zero attached hydrogens (tertiary/aromatic N) is 3. The van der Waals surface area contributed by atoms with Gasteiger partial charge in [-0.3, -0.25) is 14.5 Å². The van der Waals surface area contributed by atoms with E-state index in [1.165, 1.54) is 0 Å². The van der Waals surface area contributed by atoms with Crippen LogP contribution in [0.15, 0.2) is 53.9 Å². The third-order valence-electron chi connectivity index (χ3n) is 3.68. The Labute approximate surface area is 129 Å². The maximum atomic E-state index is 11.2. The minimum Gasteiger partial charge on any atom is -0.287 e. The summed E-state index contributed by atoms with van der Waals surface area (Å²) in [5.74, 6) is 0. The number of thiazole rings is 1. The first-order chi connectivity index (χ1) is 10.7. The van der Waals surface area contributed by atoms with Crippen LogP contribution < -0.4 is 0 Å². The highest BCUT2D eigenvalue weighted by atomic mass is 32.1. The number of rotatable bonds is 3. The Hall–Kier alpha value is -2.73. The summed E-state index contributed by atoms with van der Waals surface area (Å²) in [5, 5.41) is 13.2. The lowest BCUT2D eigenvalue weighted by molar-refractivity contribution is -0.385. The molecule has 0 aliphatic rings. The Morgan fingerprint density at radius 3 is 2.77 bits per heavy atom. The van der Waals surface area contributed by atoms with E-state index in [-0.39, 0.29) is 10.6 Å². The quantitative estimate of drug-likeness (QED) is 0.424. The zero-order valence-corrected chi connectivity index (χ0v) is 12.3. The van der Waals surface area contributed by atoms with E-state index in [1.54, 1.807) is 29.5 Å². The van der Waals surface area contributed by atoms with Crippen LogP contribution in [0.25, 0.3) is 16.0 Å². The molecule has 2 aromatic carbocycles. The highest BCUT2D eigenvalue weighted by molar-refractivity contribution is 7.15.